The van der Waals surface area contributed by atoms with E-state index in [1.54, 1.807) is 0 Å². The first-order valence-electron chi connectivity index (χ1n) is 11.0. The SMILES string of the molecule is CCOC(=O)N1CCC2(CC(N3C[C@@H]4C(C(=O)N5CCC56CC6)[C@@H]4C3)C2)C1. The molecule has 6 fully saturated rings. The van der Waals surface area contributed by atoms with Crippen LogP contribution >= 0.6 is 0 Å². The Balaban J connectivity index is 0.990. The Morgan fingerprint density at radius 3 is 2.37 bits per heavy atom. The first-order valence-corrected chi connectivity index (χ1v) is 11.0. The van der Waals surface area contributed by atoms with E-state index in [2.05, 4.69) is 9.80 Å². The maximum atomic E-state index is 12.8. The fourth-order valence-electron chi connectivity index (χ4n) is 6.79. The molecule has 0 aromatic rings. The van der Waals surface area contributed by atoms with Crippen molar-refractivity contribution >= 4 is 12.0 Å². The van der Waals surface area contributed by atoms with E-state index in [1.807, 2.05) is 11.8 Å². The number of rotatable bonds is 3. The van der Waals surface area contributed by atoms with Gasteiger partial charge in [0.1, 0.15) is 0 Å². The second-order valence-corrected chi connectivity index (χ2v) is 10.2. The summed E-state index contributed by atoms with van der Waals surface area (Å²) in [5.41, 5.74) is 0.677. The van der Waals surface area contributed by atoms with Gasteiger partial charge in [0.15, 0.2) is 0 Å². The Kier molecular flexibility index (Phi) is 3.33. The molecule has 0 bridgehead atoms. The van der Waals surface area contributed by atoms with Gasteiger partial charge in [0.25, 0.3) is 0 Å². The second-order valence-electron chi connectivity index (χ2n) is 10.2. The summed E-state index contributed by atoms with van der Waals surface area (Å²) in [7, 11) is 0. The van der Waals surface area contributed by atoms with Crippen LogP contribution in [0.3, 0.4) is 0 Å². The van der Waals surface area contributed by atoms with Crippen LogP contribution < -0.4 is 0 Å². The van der Waals surface area contributed by atoms with Gasteiger partial charge >= 0.3 is 6.09 Å². The van der Waals surface area contributed by atoms with Crippen molar-refractivity contribution in [1.29, 1.82) is 0 Å². The van der Waals surface area contributed by atoms with Crippen molar-refractivity contribution in [3.8, 4) is 0 Å². The fraction of sp³-hybridized carbons (Fsp3) is 0.905. The Morgan fingerprint density at radius 2 is 1.78 bits per heavy atom. The lowest BCUT2D eigenvalue weighted by molar-refractivity contribution is -0.143. The molecule has 3 aliphatic carbocycles. The monoisotopic (exact) mass is 373 g/mol. The molecule has 3 heterocycles. The predicted octanol–water partition coefficient (Wildman–Crippen LogP) is 1.94. The van der Waals surface area contributed by atoms with Crippen LogP contribution in [0.2, 0.25) is 0 Å². The highest BCUT2D eigenvalue weighted by Crippen LogP contribution is 2.60. The van der Waals surface area contributed by atoms with Crippen LogP contribution in [0.1, 0.15) is 45.4 Å². The van der Waals surface area contributed by atoms with E-state index in [-0.39, 0.29) is 6.09 Å². The highest BCUT2D eigenvalue weighted by molar-refractivity contribution is 5.84. The third-order valence-electron chi connectivity index (χ3n) is 8.79. The molecule has 3 aliphatic heterocycles. The molecule has 6 heteroatoms. The minimum Gasteiger partial charge on any atom is -0.450 e. The van der Waals surface area contributed by atoms with Crippen molar-refractivity contribution in [2.45, 2.75) is 57.0 Å². The summed E-state index contributed by atoms with van der Waals surface area (Å²) in [6, 6.07) is 0.675. The normalized spacial score (nSPS) is 43.4. The topological polar surface area (TPSA) is 53.1 Å². The van der Waals surface area contributed by atoms with Crippen molar-refractivity contribution in [3.63, 3.8) is 0 Å². The molecular formula is C21H31N3O3. The zero-order chi connectivity index (χ0) is 18.4. The number of amides is 2. The summed E-state index contributed by atoms with van der Waals surface area (Å²) >= 11 is 0. The summed E-state index contributed by atoms with van der Waals surface area (Å²) < 4.78 is 5.16. The van der Waals surface area contributed by atoms with Crippen LogP contribution in [0.5, 0.6) is 0 Å². The summed E-state index contributed by atoms with van der Waals surface area (Å²) in [4.78, 5) is 31.6. The maximum Gasteiger partial charge on any atom is 0.409 e. The molecule has 3 saturated heterocycles. The zero-order valence-corrected chi connectivity index (χ0v) is 16.4. The van der Waals surface area contributed by atoms with E-state index in [0.717, 1.165) is 39.1 Å². The first kappa shape index (κ1) is 16.6. The molecule has 3 atom stereocenters. The Bertz CT molecular complexity index is 672. The van der Waals surface area contributed by atoms with Gasteiger partial charge in [-0.25, -0.2) is 4.79 Å². The van der Waals surface area contributed by atoms with Crippen LogP contribution in [0, 0.1) is 23.2 Å². The van der Waals surface area contributed by atoms with Crippen molar-refractivity contribution in [2.75, 3.05) is 39.3 Å². The molecule has 6 aliphatic rings. The van der Waals surface area contributed by atoms with Gasteiger partial charge in [-0.15, -0.1) is 0 Å². The van der Waals surface area contributed by atoms with E-state index in [0.29, 0.717) is 47.3 Å². The fourth-order valence-corrected chi connectivity index (χ4v) is 6.79. The van der Waals surface area contributed by atoms with Gasteiger partial charge in [-0.2, -0.15) is 0 Å². The number of hydrogen-bond donors (Lipinski definition) is 0. The zero-order valence-electron chi connectivity index (χ0n) is 16.4. The Hall–Kier alpha value is -1.30. The molecule has 148 valence electrons. The van der Waals surface area contributed by atoms with E-state index >= 15 is 0 Å². The van der Waals surface area contributed by atoms with Crippen molar-refractivity contribution in [1.82, 2.24) is 14.7 Å². The molecule has 27 heavy (non-hydrogen) atoms. The second kappa shape index (κ2) is 5.40. The number of hydrogen-bond acceptors (Lipinski definition) is 4. The Labute approximate surface area is 161 Å². The van der Waals surface area contributed by atoms with E-state index in [4.69, 9.17) is 4.74 Å². The molecule has 6 nitrogen and oxygen atoms in total. The number of fused-ring (bicyclic) bond motifs is 1. The van der Waals surface area contributed by atoms with Gasteiger partial charge in [-0.1, -0.05) is 0 Å². The van der Waals surface area contributed by atoms with E-state index in [9.17, 15) is 9.59 Å². The minimum atomic E-state index is -0.138. The summed E-state index contributed by atoms with van der Waals surface area (Å²) in [6.45, 7) is 7.33. The lowest BCUT2D eigenvalue weighted by Gasteiger charge is -2.49. The molecule has 6 rings (SSSR count). The highest BCUT2D eigenvalue weighted by atomic mass is 16.6. The lowest BCUT2D eigenvalue weighted by atomic mass is 9.64. The molecule has 1 unspecified atom stereocenters. The summed E-state index contributed by atoms with van der Waals surface area (Å²) in [5.74, 6) is 2.09. The van der Waals surface area contributed by atoms with E-state index < -0.39 is 0 Å². The van der Waals surface area contributed by atoms with Crippen molar-refractivity contribution in [2.24, 2.45) is 23.2 Å². The summed E-state index contributed by atoms with van der Waals surface area (Å²) in [6.07, 6.45) is 7.17. The molecule has 0 aromatic heterocycles. The quantitative estimate of drug-likeness (QED) is 0.759. The van der Waals surface area contributed by atoms with Crippen LogP contribution in [0.4, 0.5) is 4.79 Å². The summed E-state index contributed by atoms with van der Waals surface area (Å²) in [5, 5.41) is 0. The van der Waals surface area contributed by atoms with Crippen LogP contribution in [0.25, 0.3) is 0 Å². The molecule has 3 saturated carbocycles. The molecule has 0 aromatic carbocycles. The van der Waals surface area contributed by atoms with Crippen LogP contribution in [-0.4, -0.2) is 77.6 Å². The van der Waals surface area contributed by atoms with Crippen LogP contribution in [-0.2, 0) is 9.53 Å². The largest absolute Gasteiger partial charge is 0.450 e. The number of nitrogens with zero attached hydrogens (tertiary/aromatic N) is 3. The number of piperidine rings is 1. The van der Waals surface area contributed by atoms with Crippen LogP contribution in [0.15, 0.2) is 0 Å². The van der Waals surface area contributed by atoms with Gasteiger partial charge in [0.05, 0.1) is 6.61 Å². The Morgan fingerprint density at radius 1 is 1.04 bits per heavy atom. The van der Waals surface area contributed by atoms with Gasteiger partial charge in [-0.05, 0) is 62.7 Å². The van der Waals surface area contributed by atoms with Gasteiger partial charge in [0.2, 0.25) is 5.91 Å². The third-order valence-corrected chi connectivity index (χ3v) is 8.79. The molecule has 2 spiro atoms. The third kappa shape index (κ3) is 2.34. The number of likely N-dealkylation sites (tertiary alicyclic amines) is 3. The van der Waals surface area contributed by atoms with E-state index in [1.165, 1.54) is 32.1 Å². The lowest BCUT2D eigenvalue weighted by Crippen LogP contribution is -2.55. The molecule has 0 N–H and O–H groups in total. The highest BCUT2D eigenvalue weighted by Gasteiger charge is 2.66. The maximum absolute atomic E-state index is 12.8. The van der Waals surface area contributed by atoms with Crippen molar-refractivity contribution in [3.05, 3.63) is 0 Å². The molecule has 2 amide bonds. The average molecular weight is 373 g/mol. The molecular weight excluding hydrogens is 342 g/mol. The average Bonchev–Trinajstić information content (AvgIpc) is 3.45. The van der Waals surface area contributed by atoms with Crippen molar-refractivity contribution < 1.29 is 14.3 Å². The number of ether oxygens (including phenoxy) is 1. The van der Waals surface area contributed by atoms with Gasteiger partial charge < -0.3 is 14.5 Å². The first-order chi connectivity index (χ1) is 13.0. The smallest absolute Gasteiger partial charge is 0.409 e. The van der Waals surface area contributed by atoms with Gasteiger partial charge in [0, 0.05) is 50.2 Å². The minimum absolute atomic E-state index is 0.138. The number of carbonyl (C=O) groups excluding carboxylic acids is 2. The van der Waals surface area contributed by atoms with Gasteiger partial charge in [-0.3, -0.25) is 9.69 Å². The standard InChI is InChI=1S/C21H31N3O3/c1-2-27-19(26)22-7-5-20(13-22)9-14(10-20)23-11-15-16(12-23)17(15)18(25)24-8-6-21(24)3-4-21/h14-17H,2-13H2,1H3/t14?,15-,16+,17?,20?. The predicted molar refractivity (Wildman–Crippen MR) is 99.0 cm³/mol. The number of carbonyl (C=O) groups is 2. The molecule has 0 radical (unpaired) electrons.